The average Bonchev–Trinajstić information content (AvgIpc) is 3.14. The second-order valence-electron chi connectivity index (χ2n) is 5.80. The number of hydrogen-bond acceptors (Lipinski definition) is 2. The third kappa shape index (κ3) is 2.22. The van der Waals surface area contributed by atoms with E-state index in [2.05, 4.69) is 15.9 Å². The number of rotatable bonds is 3. The first-order chi connectivity index (χ1) is 9.13. The van der Waals surface area contributed by atoms with Crippen molar-refractivity contribution in [2.24, 2.45) is 17.8 Å². The van der Waals surface area contributed by atoms with Crippen LogP contribution in [0.2, 0.25) is 0 Å². The standard InChI is InChI=1S/C16H19BrO2/c1-9-7-14(19-2)12(8-13(9)17)16(18)15-10-5-3-4-6-11(10)15/h7-8,10-11,15H,3-6H2,1-2H3. The Kier molecular flexibility index (Phi) is 3.42. The number of Topliss-reactive ketones (excluding diaryl/α,β-unsaturated/α-hetero) is 1. The van der Waals surface area contributed by atoms with Gasteiger partial charge >= 0.3 is 0 Å². The quantitative estimate of drug-likeness (QED) is 0.772. The maximum Gasteiger partial charge on any atom is 0.170 e. The molecule has 2 atom stereocenters. The van der Waals surface area contributed by atoms with E-state index in [0.717, 1.165) is 15.6 Å². The van der Waals surface area contributed by atoms with E-state index in [1.54, 1.807) is 7.11 Å². The summed E-state index contributed by atoms with van der Waals surface area (Å²) < 4.78 is 6.38. The van der Waals surface area contributed by atoms with E-state index in [4.69, 9.17) is 4.74 Å². The number of ether oxygens (including phenoxy) is 1. The first kappa shape index (κ1) is 13.2. The summed E-state index contributed by atoms with van der Waals surface area (Å²) in [5, 5.41) is 0. The average molecular weight is 323 g/mol. The topological polar surface area (TPSA) is 26.3 Å². The van der Waals surface area contributed by atoms with Crippen LogP contribution in [0, 0.1) is 24.7 Å². The fourth-order valence-electron chi connectivity index (χ4n) is 3.58. The number of methoxy groups -OCH3 is 1. The van der Waals surface area contributed by atoms with Gasteiger partial charge in [0.25, 0.3) is 0 Å². The normalized spacial score (nSPS) is 28.7. The summed E-state index contributed by atoms with van der Waals surface area (Å²) in [4.78, 5) is 12.7. The summed E-state index contributed by atoms with van der Waals surface area (Å²) in [5.74, 6) is 2.55. The zero-order valence-electron chi connectivity index (χ0n) is 11.4. The molecule has 2 saturated carbocycles. The smallest absolute Gasteiger partial charge is 0.170 e. The van der Waals surface area contributed by atoms with Crippen molar-refractivity contribution in [3.63, 3.8) is 0 Å². The summed E-state index contributed by atoms with van der Waals surface area (Å²) in [5.41, 5.74) is 1.85. The van der Waals surface area contributed by atoms with E-state index in [1.807, 2.05) is 19.1 Å². The van der Waals surface area contributed by atoms with Crippen molar-refractivity contribution in [2.45, 2.75) is 32.6 Å². The van der Waals surface area contributed by atoms with Gasteiger partial charge in [0.2, 0.25) is 0 Å². The van der Waals surface area contributed by atoms with Gasteiger partial charge in [-0.25, -0.2) is 0 Å². The van der Waals surface area contributed by atoms with Gasteiger partial charge in [0, 0.05) is 10.4 Å². The number of hydrogen-bond donors (Lipinski definition) is 0. The van der Waals surface area contributed by atoms with E-state index in [-0.39, 0.29) is 11.7 Å². The van der Waals surface area contributed by atoms with Crippen LogP contribution in [0.4, 0.5) is 0 Å². The highest BCUT2D eigenvalue weighted by Crippen LogP contribution is 2.57. The van der Waals surface area contributed by atoms with E-state index in [1.165, 1.54) is 25.7 Å². The minimum atomic E-state index is 0.256. The Balaban J connectivity index is 1.90. The SMILES string of the molecule is COc1cc(C)c(Br)cc1C(=O)C1C2CCCCC21. The summed E-state index contributed by atoms with van der Waals surface area (Å²) in [6, 6.07) is 3.88. The molecule has 102 valence electrons. The Morgan fingerprint density at radius 2 is 1.89 bits per heavy atom. The first-order valence-electron chi connectivity index (χ1n) is 7.02. The van der Waals surface area contributed by atoms with Gasteiger partial charge < -0.3 is 4.74 Å². The molecule has 0 heterocycles. The van der Waals surface area contributed by atoms with Gasteiger partial charge in [-0.05, 0) is 49.3 Å². The molecule has 19 heavy (non-hydrogen) atoms. The van der Waals surface area contributed by atoms with E-state index < -0.39 is 0 Å². The molecule has 0 aromatic heterocycles. The highest BCUT2D eigenvalue weighted by atomic mass is 79.9. The molecule has 0 amide bonds. The van der Waals surface area contributed by atoms with Crippen molar-refractivity contribution in [1.82, 2.24) is 0 Å². The number of aryl methyl sites for hydroxylation is 1. The zero-order chi connectivity index (χ0) is 13.6. The van der Waals surface area contributed by atoms with Crippen LogP contribution in [0.25, 0.3) is 0 Å². The van der Waals surface area contributed by atoms with Crippen LogP contribution in [0.15, 0.2) is 16.6 Å². The summed E-state index contributed by atoms with van der Waals surface area (Å²) in [6.07, 6.45) is 5.05. The number of fused-ring (bicyclic) bond motifs is 1. The molecule has 2 unspecified atom stereocenters. The third-order valence-electron chi connectivity index (χ3n) is 4.71. The molecule has 2 fully saturated rings. The first-order valence-corrected chi connectivity index (χ1v) is 7.81. The summed E-state index contributed by atoms with van der Waals surface area (Å²) in [6.45, 7) is 2.01. The van der Waals surface area contributed by atoms with Crippen LogP contribution in [-0.2, 0) is 0 Å². The minimum absolute atomic E-state index is 0.256. The molecule has 0 aliphatic heterocycles. The number of halogens is 1. The molecule has 0 spiro atoms. The lowest BCUT2D eigenvalue weighted by Crippen LogP contribution is -2.07. The molecular weight excluding hydrogens is 304 g/mol. The lowest BCUT2D eigenvalue weighted by molar-refractivity contribution is 0.0953. The van der Waals surface area contributed by atoms with Crippen LogP contribution >= 0.6 is 15.9 Å². The largest absolute Gasteiger partial charge is 0.496 e. The number of carbonyl (C=O) groups is 1. The van der Waals surface area contributed by atoms with Crippen molar-refractivity contribution in [3.8, 4) is 5.75 Å². The zero-order valence-corrected chi connectivity index (χ0v) is 13.0. The number of benzene rings is 1. The molecule has 3 heteroatoms. The maximum atomic E-state index is 12.7. The molecular formula is C16H19BrO2. The van der Waals surface area contributed by atoms with Gasteiger partial charge in [-0.2, -0.15) is 0 Å². The molecule has 0 radical (unpaired) electrons. The fourth-order valence-corrected chi connectivity index (χ4v) is 3.92. The Labute approximate surface area is 122 Å². The predicted molar refractivity (Wildman–Crippen MR) is 78.7 cm³/mol. The summed E-state index contributed by atoms with van der Waals surface area (Å²) in [7, 11) is 1.64. The Morgan fingerprint density at radius 3 is 2.47 bits per heavy atom. The Bertz CT molecular complexity index is 512. The second kappa shape index (κ2) is 4.93. The molecule has 0 saturated heterocycles. The molecule has 1 aromatic rings. The fraction of sp³-hybridized carbons (Fsp3) is 0.562. The van der Waals surface area contributed by atoms with Crippen molar-refractivity contribution in [3.05, 3.63) is 27.7 Å². The van der Waals surface area contributed by atoms with E-state index in [9.17, 15) is 4.79 Å². The van der Waals surface area contributed by atoms with Gasteiger partial charge in [-0.15, -0.1) is 0 Å². The van der Waals surface area contributed by atoms with Crippen molar-refractivity contribution in [2.75, 3.05) is 7.11 Å². The van der Waals surface area contributed by atoms with Crippen LogP contribution in [0.3, 0.4) is 0 Å². The lowest BCUT2D eigenvalue weighted by Gasteiger charge is -2.10. The highest BCUT2D eigenvalue weighted by molar-refractivity contribution is 9.10. The van der Waals surface area contributed by atoms with E-state index in [0.29, 0.717) is 17.6 Å². The van der Waals surface area contributed by atoms with Crippen molar-refractivity contribution in [1.29, 1.82) is 0 Å². The third-order valence-corrected chi connectivity index (χ3v) is 5.56. The molecule has 0 bridgehead atoms. The lowest BCUT2D eigenvalue weighted by atomic mass is 10.0. The molecule has 2 aliphatic rings. The predicted octanol–water partition coefficient (Wildman–Crippen LogP) is 4.39. The Morgan fingerprint density at radius 1 is 1.26 bits per heavy atom. The van der Waals surface area contributed by atoms with Crippen LogP contribution in [0.1, 0.15) is 41.6 Å². The monoisotopic (exact) mass is 322 g/mol. The van der Waals surface area contributed by atoms with Crippen LogP contribution in [0.5, 0.6) is 5.75 Å². The maximum absolute atomic E-state index is 12.7. The van der Waals surface area contributed by atoms with Gasteiger partial charge in [-0.1, -0.05) is 28.8 Å². The highest BCUT2D eigenvalue weighted by Gasteiger charge is 2.54. The molecule has 1 aromatic carbocycles. The van der Waals surface area contributed by atoms with E-state index >= 15 is 0 Å². The number of ketones is 1. The van der Waals surface area contributed by atoms with Gasteiger partial charge in [0.1, 0.15) is 5.75 Å². The Hall–Kier alpha value is -0.830. The minimum Gasteiger partial charge on any atom is -0.496 e. The second-order valence-corrected chi connectivity index (χ2v) is 6.66. The molecule has 3 rings (SSSR count). The van der Waals surface area contributed by atoms with Gasteiger partial charge in [0.15, 0.2) is 5.78 Å². The van der Waals surface area contributed by atoms with Gasteiger partial charge in [-0.3, -0.25) is 4.79 Å². The van der Waals surface area contributed by atoms with Crippen LogP contribution < -0.4 is 4.74 Å². The van der Waals surface area contributed by atoms with Crippen molar-refractivity contribution >= 4 is 21.7 Å². The summed E-state index contributed by atoms with van der Waals surface area (Å²) >= 11 is 3.52. The van der Waals surface area contributed by atoms with Gasteiger partial charge in [0.05, 0.1) is 12.7 Å². The molecule has 2 aliphatic carbocycles. The van der Waals surface area contributed by atoms with Crippen LogP contribution in [-0.4, -0.2) is 12.9 Å². The van der Waals surface area contributed by atoms with Crippen molar-refractivity contribution < 1.29 is 9.53 Å². The molecule has 0 N–H and O–H groups in total. The number of carbonyl (C=O) groups excluding carboxylic acids is 1. The molecule has 2 nitrogen and oxygen atoms in total.